The Kier molecular flexibility index (Phi) is 2.97. The van der Waals surface area contributed by atoms with Gasteiger partial charge in [-0.15, -0.1) is 0 Å². The third kappa shape index (κ3) is 1.87. The van der Waals surface area contributed by atoms with Crippen molar-refractivity contribution in [2.75, 3.05) is 6.61 Å². The quantitative estimate of drug-likeness (QED) is 0.493. The van der Waals surface area contributed by atoms with Crippen LogP contribution in [0.1, 0.15) is 11.7 Å². The van der Waals surface area contributed by atoms with Gasteiger partial charge in [0.2, 0.25) is 0 Å². The highest BCUT2D eigenvalue weighted by Crippen LogP contribution is 2.25. The Labute approximate surface area is 87.4 Å². The van der Waals surface area contributed by atoms with Crippen molar-refractivity contribution >= 4 is 0 Å². The molecule has 0 aromatic carbocycles. The molecule has 5 heteroatoms. The molecule has 2 rings (SSSR count). The molecule has 82 valence electrons. The van der Waals surface area contributed by atoms with Crippen LogP contribution in [0, 0.1) is 0 Å². The molecule has 0 aliphatic carbocycles. The molecular formula is C10H14N2O3. The molecule has 5 nitrogen and oxygen atoms in total. The maximum Gasteiger partial charge on any atom is 0.102 e. The first-order chi connectivity index (χ1) is 7.24. The van der Waals surface area contributed by atoms with Gasteiger partial charge in [0.25, 0.3) is 0 Å². The zero-order valence-corrected chi connectivity index (χ0v) is 8.11. The summed E-state index contributed by atoms with van der Waals surface area (Å²) in [6, 6.07) is 4.46. The lowest BCUT2D eigenvalue weighted by molar-refractivity contribution is 0.0190. The molecule has 0 unspecified atom stereocenters. The van der Waals surface area contributed by atoms with E-state index in [0.29, 0.717) is 5.69 Å². The molecule has 4 atom stereocenters. The largest absolute Gasteiger partial charge is 0.395 e. The Morgan fingerprint density at radius 1 is 1.27 bits per heavy atom. The number of aliphatic hydroxyl groups excluding tert-OH is 3. The third-order valence-electron chi connectivity index (χ3n) is 2.70. The van der Waals surface area contributed by atoms with Crippen LogP contribution in [0.5, 0.6) is 0 Å². The summed E-state index contributed by atoms with van der Waals surface area (Å²) in [6.07, 6.45) is -0.262. The first-order valence-corrected chi connectivity index (χ1v) is 4.88. The van der Waals surface area contributed by atoms with Gasteiger partial charge in [0, 0.05) is 6.20 Å². The Morgan fingerprint density at radius 3 is 2.60 bits per heavy atom. The molecule has 0 saturated carbocycles. The molecule has 1 aliphatic rings. The van der Waals surface area contributed by atoms with Crippen LogP contribution in [0.3, 0.4) is 0 Å². The van der Waals surface area contributed by atoms with E-state index in [1.807, 2.05) is 6.07 Å². The molecule has 1 aromatic heterocycles. The van der Waals surface area contributed by atoms with Gasteiger partial charge in [-0.25, -0.2) is 0 Å². The van der Waals surface area contributed by atoms with Crippen molar-refractivity contribution in [3.05, 3.63) is 30.1 Å². The number of aromatic nitrogens is 1. The average molecular weight is 210 g/mol. The monoisotopic (exact) mass is 210 g/mol. The van der Waals surface area contributed by atoms with Gasteiger partial charge in [0.15, 0.2) is 0 Å². The van der Waals surface area contributed by atoms with E-state index in [4.69, 9.17) is 5.11 Å². The third-order valence-corrected chi connectivity index (χ3v) is 2.70. The molecule has 1 saturated heterocycles. The summed E-state index contributed by atoms with van der Waals surface area (Å²) < 4.78 is 0. The molecule has 15 heavy (non-hydrogen) atoms. The van der Waals surface area contributed by atoms with Crippen LogP contribution in [-0.4, -0.2) is 45.2 Å². The minimum atomic E-state index is -0.956. The highest BCUT2D eigenvalue weighted by molar-refractivity contribution is 5.15. The normalized spacial score (nSPS) is 35.7. The number of hydrogen-bond acceptors (Lipinski definition) is 5. The Bertz CT molecular complexity index is 320. The number of nitrogens with one attached hydrogen (secondary N) is 1. The predicted octanol–water partition coefficient (Wildman–Crippen LogP) is -1.19. The molecule has 1 aromatic rings. The van der Waals surface area contributed by atoms with Crippen LogP contribution in [0.15, 0.2) is 24.4 Å². The molecule has 0 radical (unpaired) electrons. The Hall–Kier alpha value is -1.01. The smallest absolute Gasteiger partial charge is 0.102 e. The SMILES string of the molecule is OC[C@H]1N[C@@H](c2ccccn2)[C@H](O)[C@@H]1O. The van der Waals surface area contributed by atoms with E-state index in [9.17, 15) is 10.2 Å². The second kappa shape index (κ2) is 4.24. The lowest BCUT2D eigenvalue weighted by Gasteiger charge is -2.14. The van der Waals surface area contributed by atoms with E-state index in [1.54, 1.807) is 18.3 Å². The van der Waals surface area contributed by atoms with Crippen molar-refractivity contribution in [1.29, 1.82) is 0 Å². The zero-order chi connectivity index (χ0) is 10.8. The van der Waals surface area contributed by atoms with Gasteiger partial charge in [-0.2, -0.15) is 0 Å². The minimum absolute atomic E-state index is 0.207. The summed E-state index contributed by atoms with van der Waals surface area (Å²) in [5.41, 5.74) is 0.667. The molecule has 0 amide bonds. The summed E-state index contributed by atoms with van der Waals surface area (Å²) >= 11 is 0. The van der Waals surface area contributed by atoms with Gasteiger partial charge < -0.3 is 15.3 Å². The Balaban J connectivity index is 2.19. The van der Waals surface area contributed by atoms with Crippen LogP contribution in [0.25, 0.3) is 0 Å². The highest BCUT2D eigenvalue weighted by atomic mass is 16.3. The van der Waals surface area contributed by atoms with Gasteiger partial charge in [-0.05, 0) is 12.1 Å². The molecule has 2 heterocycles. The standard InChI is InChI=1S/C10H14N2O3/c13-5-7-9(14)10(15)8(12-7)6-3-1-2-4-11-6/h1-4,7-10,12-15H,5H2/t7-,8+,9-,10+/m1/s1. The molecule has 4 N–H and O–H groups in total. The number of aliphatic hydroxyl groups is 3. The van der Waals surface area contributed by atoms with E-state index in [2.05, 4.69) is 10.3 Å². The number of hydrogen-bond donors (Lipinski definition) is 4. The van der Waals surface area contributed by atoms with Crippen molar-refractivity contribution < 1.29 is 15.3 Å². The fraction of sp³-hybridized carbons (Fsp3) is 0.500. The van der Waals surface area contributed by atoms with Crippen molar-refractivity contribution in [3.8, 4) is 0 Å². The number of pyridine rings is 1. The van der Waals surface area contributed by atoms with Crippen molar-refractivity contribution in [3.63, 3.8) is 0 Å². The molecule has 0 bridgehead atoms. The number of rotatable bonds is 2. The second-order valence-electron chi connectivity index (χ2n) is 3.67. The van der Waals surface area contributed by atoms with Crippen LogP contribution in [0.4, 0.5) is 0 Å². The maximum atomic E-state index is 9.75. The van der Waals surface area contributed by atoms with Gasteiger partial charge in [-0.1, -0.05) is 6.07 Å². The molecule has 1 aliphatic heterocycles. The van der Waals surface area contributed by atoms with Crippen molar-refractivity contribution in [2.24, 2.45) is 0 Å². The fourth-order valence-corrected chi connectivity index (χ4v) is 1.84. The lowest BCUT2D eigenvalue weighted by atomic mass is 10.1. The molecule has 0 spiro atoms. The first-order valence-electron chi connectivity index (χ1n) is 4.88. The van der Waals surface area contributed by atoms with E-state index in [-0.39, 0.29) is 6.61 Å². The van der Waals surface area contributed by atoms with Gasteiger partial charge in [-0.3, -0.25) is 10.3 Å². The summed E-state index contributed by atoms with van der Waals surface area (Å²) in [5, 5.41) is 31.2. The van der Waals surface area contributed by atoms with Gasteiger partial charge >= 0.3 is 0 Å². The molecular weight excluding hydrogens is 196 g/mol. The summed E-state index contributed by atoms with van der Waals surface area (Å²) in [5.74, 6) is 0. The van der Waals surface area contributed by atoms with Gasteiger partial charge in [0.1, 0.15) is 6.10 Å². The number of nitrogens with zero attached hydrogens (tertiary/aromatic N) is 1. The summed E-state index contributed by atoms with van der Waals surface area (Å²) in [4.78, 5) is 4.10. The second-order valence-corrected chi connectivity index (χ2v) is 3.67. The fourth-order valence-electron chi connectivity index (χ4n) is 1.84. The summed E-state index contributed by atoms with van der Waals surface area (Å²) in [6.45, 7) is -0.207. The van der Waals surface area contributed by atoms with Crippen LogP contribution in [-0.2, 0) is 0 Å². The summed E-state index contributed by atoms with van der Waals surface area (Å²) in [7, 11) is 0. The maximum absolute atomic E-state index is 9.75. The van der Waals surface area contributed by atoms with E-state index < -0.39 is 24.3 Å². The topological polar surface area (TPSA) is 85.6 Å². The van der Waals surface area contributed by atoms with Crippen molar-refractivity contribution in [2.45, 2.75) is 24.3 Å². The highest BCUT2D eigenvalue weighted by Gasteiger charge is 2.41. The van der Waals surface area contributed by atoms with E-state index in [0.717, 1.165) is 0 Å². The predicted molar refractivity (Wildman–Crippen MR) is 53.0 cm³/mol. The average Bonchev–Trinajstić information content (AvgIpc) is 2.57. The lowest BCUT2D eigenvalue weighted by Crippen LogP contribution is -2.35. The molecule has 1 fully saturated rings. The Morgan fingerprint density at radius 2 is 2.07 bits per heavy atom. The van der Waals surface area contributed by atoms with Crippen LogP contribution >= 0.6 is 0 Å². The van der Waals surface area contributed by atoms with Gasteiger partial charge in [0.05, 0.1) is 30.5 Å². The zero-order valence-electron chi connectivity index (χ0n) is 8.11. The van der Waals surface area contributed by atoms with Crippen LogP contribution < -0.4 is 5.32 Å². The van der Waals surface area contributed by atoms with E-state index in [1.165, 1.54) is 0 Å². The van der Waals surface area contributed by atoms with E-state index >= 15 is 0 Å². The first kappa shape index (κ1) is 10.5. The van der Waals surface area contributed by atoms with Crippen molar-refractivity contribution in [1.82, 2.24) is 10.3 Å². The minimum Gasteiger partial charge on any atom is -0.395 e. The van der Waals surface area contributed by atoms with Crippen LogP contribution in [0.2, 0.25) is 0 Å².